The molecular formula is C14H26N4O2. The summed E-state index contributed by atoms with van der Waals surface area (Å²) in [6.45, 7) is 2.48. The van der Waals surface area contributed by atoms with E-state index < -0.39 is 0 Å². The van der Waals surface area contributed by atoms with Gasteiger partial charge in [0.15, 0.2) is 0 Å². The van der Waals surface area contributed by atoms with E-state index >= 15 is 0 Å². The summed E-state index contributed by atoms with van der Waals surface area (Å²) in [6, 6.07) is 0.0865. The van der Waals surface area contributed by atoms with Crippen LogP contribution in [0.15, 0.2) is 0 Å². The van der Waals surface area contributed by atoms with E-state index in [1.807, 2.05) is 4.90 Å². The third-order valence-electron chi connectivity index (χ3n) is 4.22. The third-order valence-corrected chi connectivity index (χ3v) is 4.22. The van der Waals surface area contributed by atoms with E-state index in [1.54, 1.807) is 7.05 Å². The molecule has 0 radical (unpaired) electrons. The molecule has 1 aliphatic heterocycles. The summed E-state index contributed by atoms with van der Waals surface area (Å²) in [4.78, 5) is 25.9. The molecule has 1 saturated carbocycles. The Morgan fingerprint density at radius 2 is 2.00 bits per heavy atom. The van der Waals surface area contributed by atoms with Crippen molar-refractivity contribution in [3.63, 3.8) is 0 Å². The molecule has 1 atom stereocenters. The van der Waals surface area contributed by atoms with Crippen molar-refractivity contribution < 1.29 is 9.59 Å². The fourth-order valence-electron chi connectivity index (χ4n) is 3.07. The summed E-state index contributed by atoms with van der Waals surface area (Å²) in [6.07, 6.45) is 5.88. The number of carbonyl (C=O) groups is 2. The van der Waals surface area contributed by atoms with Gasteiger partial charge in [0.05, 0.1) is 6.54 Å². The number of carbonyl (C=O) groups excluding carboxylic acids is 2. The molecule has 6 nitrogen and oxygen atoms in total. The maximum Gasteiger partial charge on any atom is 0.238 e. The molecule has 2 fully saturated rings. The summed E-state index contributed by atoms with van der Waals surface area (Å²) in [7, 11) is 1.64. The van der Waals surface area contributed by atoms with Crippen LogP contribution in [-0.4, -0.2) is 62.0 Å². The molecule has 0 aromatic carbocycles. The molecule has 1 saturated heterocycles. The van der Waals surface area contributed by atoms with Crippen molar-refractivity contribution in [2.45, 2.75) is 44.2 Å². The molecule has 0 spiro atoms. The van der Waals surface area contributed by atoms with Gasteiger partial charge < -0.3 is 16.0 Å². The normalized spacial score (nSPS) is 25.1. The average Bonchev–Trinajstić information content (AvgIpc) is 2.48. The number of hydrogen-bond acceptors (Lipinski definition) is 4. The van der Waals surface area contributed by atoms with Gasteiger partial charge in [-0.05, 0) is 12.8 Å². The number of hydrogen-bond donors (Lipinski definition) is 3. The zero-order valence-corrected chi connectivity index (χ0v) is 12.3. The molecule has 2 aliphatic rings. The van der Waals surface area contributed by atoms with Gasteiger partial charge >= 0.3 is 0 Å². The van der Waals surface area contributed by atoms with Crippen LogP contribution >= 0.6 is 0 Å². The lowest BCUT2D eigenvalue weighted by Crippen LogP contribution is -2.59. The molecule has 6 heteroatoms. The number of piperazine rings is 1. The first kappa shape index (κ1) is 15.3. The van der Waals surface area contributed by atoms with Crippen LogP contribution in [0.2, 0.25) is 0 Å². The van der Waals surface area contributed by atoms with Gasteiger partial charge in [-0.3, -0.25) is 14.5 Å². The Hall–Kier alpha value is -1.14. The molecule has 2 rings (SSSR count). The Bertz CT molecular complexity index is 342. The minimum Gasteiger partial charge on any atom is -0.358 e. The van der Waals surface area contributed by atoms with Crippen LogP contribution in [0.3, 0.4) is 0 Å². The predicted octanol–water partition coefficient (Wildman–Crippen LogP) is -0.545. The summed E-state index contributed by atoms with van der Waals surface area (Å²) < 4.78 is 0. The van der Waals surface area contributed by atoms with Crippen molar-refractivity contribution >= 4 is 11.8 Å². The van der Waals surface area contributed by atoms with Crippen LogP contribution < -0.4 is 16.0 Å². The monoisotopic (exact) mass is 282 g/mol. The largest absolute Gasteiger partial charge is 0.358 e. The fraction of sp³-hybridized carbons (Fsp3) is 0.857. The van der Waals surface area contributed by atoms with Crippen molar-refractivity contribution in [3.05, 3.63) is 0 Å². The third kappa shape index (κ3) is 4.18. The first-order chi connectivity index (χ1) is 9.70. The second-order valence-corrected chi connectivity index (χ2v) is 5.71. The number of nitrogens with zero attached hydrogens (tertiary/aromatic N) is 1. The first-order valence-corrected chi connectivity index (χ1v) is 7.66. The molecule has 0 aromatic rings. The van der Waals surface area contributed by atoms with Crippen molar-refractivity contribution in [2.24, 2.45) is 0 Å². The van der Waals surface area contributed by atoms with E-state index in [0.29, 0.717) is 19.1 Å². The Labute approximate surface area is 120 Å². The quantitative estimate of drug-likeness (QED) is 0.647. The summed E-state index contributed by atoms with van der Waals surface area (Å²) in [5.74, 6) is 0.0235. The minimum absolute atomic E-state index is 0.0253. The second-order valence-electron chi connectivity index (χ2n) is 5.71. The Balaban J connectivity index is 1.82. The SMILES string of the molecule is CNC(=O)C1CNCCN1CC(=O)NC1CCCCC1. The number of likely N-dealkylation sites (N-methyl/N-ethyl adjacent to an activating group) is 1. The number of nitrogens with one attached hydrogen (secondary N) is 3. The predicted molar refractivity (Wildman–Crippen MR) is 77.3 cm³/mol. The maximum absolute atomic E-state index is 12.1. The van der Waals surface area contributed by atoms with Gasteiger partial charge in [-0.2, -0.15) is 0 Å². The number of rotatable bonds is 4. The van der Waals surface area contributed by atoms with E-state index in [2.05, 4.69) is 16.0 Å². The maximum atomic E-state index is 12.1. The topological polar surface area (TPSA) is 73.5 Å². The molecule has 2 amide bonds. The molecule has 20 heavy (non-hydrogen) atoms. The molecule has 0 aromatic heterocycles. The molecule has 1 aliphatic carbocycles. The van der Waals surface area contributed by atoms with E-state index in [4.69, 9.17) is 0 Å². The van der Waals surface area contributed by atoms with Crippen molar-refractivity contribution in [1.29, 1.82) is 0 Å². The fourth-order valence-corrected chi connectivity index (χ4v) is 3.07. The minimum atomic E-state index is -0.245. The average molecular weight is 282 g/mol. The van der Waals surface area contributed by atoms with Gasteiger partial charge in [-0.25, -0.2) is 0 Å². The van der Waals surface area contributed by atoms with Crippen molar-refractivity contribution in [1.82, 2.24) is 20.9 Å². The highest BCUT2D eigenvalue weighted by Gasteiger charge is 2.29. The zero-order chi connectivity index (χ0) is 14.4. The van der Waals surface area contributed by atoms with Crippen molar-refractivity contribution in [3.8, 4) is 0 Å². The Morgan fingerprint density at radius 1 is 1.25 bits per heavy atom. The molecule has 1 unspecified atom stereocenters. The smallest absolute Gasteiger partial charge is 0.238 e. The van der Waals surface area contributed by atoms with Crippen LogP contribution in [0.4, 0.5) is 0 Å². The summed E-state index contributed by atoms with van der Waals surface area (Å²) in [5.41, 5.74) is 0. The molecule has 1 heterocycles. The Kier molecular flexibility index (Phi) is 5.79. The highest BCUT2D eigenvalue weighted by Crippen LogP contribution is 2.17. The van der Waals surface area contributed by atoms with Gasteiger partial charge in [0.25, 0.3) is 0 Å². The van der Waals surface area contributed by atoms with Gasteiger partial charge in [-0.1, -0.05) is 19.3 Å². The van der Waals surface area contributed by atoms with E-state index in [1.165, 1.54) is 19.3 Å². The first-order valence-electron chi connectivity index (χ1n) is 7.66. The highest BCUT2D eigenvalue weighted by molar-refractivity contribution is 5.84. The summed E-state index contributed by atoms with van der Waals surface area (Å²) in [5, 5.41) is 8.98. The van der Waals surface area contributed by atoms with Gasteiger partial charge in [0.1, 0.15) is 6.04 Å². The van der Waals surface area contributed by atoms with Crippen LogP contribution in [0, 0.1) is 0 Å². The molecule has 114 valence electrons. The van der Waals surface area contributed by atoms with E-state index in [-0.39, 0.29) is 17.9 Å². The molecule has 3 N–H and O–H groups in total. The van der Waals surface area contributed by atoms with Crippen LogP contribution in [0.25, 0.3) is 0 Å². The lowest BCUT2D eigenvalue weighted by Gasteiger charge is -2.34. The van der Waals surface area contributed by atoms with Crippen molar-refractivity contribution in [2.75, 3.05) is 33.2 Å². The van der Waals surface area contributed by atoms with E-state index in [0.717, 1.165) is 25.9 Å². The lowest BCUT2D eigenvalue weighted by atomic mass is 9.95. The van der Waals surface area contributed by atoms with Gasteiger partial charge in [0, 0.05) is 32.7 Å². The summed E-state index contributed by atoms with van der Waals surface area (Å²) >= 11 is 0. The highest BCUT2D eigenvalue weighted by atomic mass is 16.2. The van der Waals surface area contributed by atoms with Gasteiger partial charge in [0.2, 0.25) is 11.8 Å². The molecule has 0 bridgehead atoms. The zero-order valence-electron chi connectivity index (χ0n) is 12.3. The van der Waals surface area contributed by atoms with Crippen LogP contribution in [0.1, 0.15) is 32.1 Å². The second kappa shape index (κ2) is 7.59. The lowest BCUT2D eigenvalue weighted by molar-refractivity contribution is -0.129. The van der Waals surface area contributed by atoms with E-state index in [9.17, 15) is 9.59 Å². The Morgan fingerprint density at radius 3 is 2.70 bits per heavy atom. The van der Waals surface area contributed by atoms with Crippen LogP contribution in [-0.2, 0) is 9.59 Å². The standard InChI is InChI=1S/C14H26N4O2/c1-15-14(20)12-9-16-7-8-18(12)10-13(19)17-11-5-3-2-4-6-11/h11-12,16H,2-10H2,1H3,(H,15,20)(H,17,19). The molecular weight excluding hydrogens is 256 g/mol. The van der Waals surface area contributed by atoms with Crippen LogP contribution in [0.5, 0.6) is 0 Å². The van der Waals surface area contributed by atoms with Gasteiger partial charge in [-0.15, -0.1) is 0 Å². The number of amides is 2.